The molecule has 0 aliphatic heterocycles. The fourth-order valence-corrected chi connectivity index (χ4v) is 2.25. The minimum atomic E-state index is 0.123. The van der Waals surface area contributed by atoms with Crippen LogP contribution in [0.25, 0.3) is 0 Å². The molecule has 1 aliphatic rings. The van der Waals surface area contributed by atoms with Gasteiger partial charge in [-0.05, 0) is 33.1 Å². The quantitative estimate of drug-likeness (QED) is 0.745. The number of hydrogen-bond donors (Lipinski definition) is 0. The number of hydrogen-bond acceptors (Lipinski definition) is 4. The van der Waals surface area contributed by atoms with E-state index in [1.807, 2.05) is 19.9 Å². The van der Waals surface area contributed by atoms with Gasteiger partial charge in [-0.15, -0.1) is 11.6 Å². The lowest BCUT2D eigenvalue weighted by atomic mass is 9.91. The van der Waals surface area contributed by atoms with Crippen molar-refractivity contribution >= 4 is 17.4 Å². The van der Waals surface area contributed by atoms with Crippen molar-refractivity contribution in [1.29, 1.82) is 0 Å². The van der Waals surface area contributed by atoms with E-state index in [0.29, 0.717) is 17.8 Å². The zero-order valence-corrected chi connectivity index (χ0v) is 11.7. The topological polar surface area (TPSA) is 38.2 Å². The van der Waals surface area contributed by atoms with Crippen molar-refractivity contribution in [1.82, 2.24) is 9.97 Å². The molecule has 0 unspecified atom stereocenters. The van der Waals surface area contributed by atoms with Crippen molar-refractivity contribution in [3.8, 4) is 5.88 Å². The van der Waals surface area contributed by atoms with Crippen LogP contribution < -0.4 is 9.64 Å². The minimum absolute atomic E-state index is 0.123. The largest absolute Gasteiger partial charge is 0.475 e. The predicted octanol–water partition coefficient (Wildman–Crippen LogP) is 2.86. The van der Waals surface area contributed by atoms with Crippen LogP contribution in [0.5, 0.6) is 5.88 Å². The van der Waals surface area contributed by atoms with Gasteiger partial charge in [-0.25, -0.2) is 9.97 Å². The van der Waals surface area contributed by atoms with E-state index < -0.39 is 0 Å². The molecule has 1 aromatic heterocycles. The van der Waals surface area contributed by atoms with E-state index in [4.69, 9.17) is 16.3 Å². The van der Waals surface area contributed by atoms with Gasteiger partial charge in [0.25, 0.3) is 0 Å². The molecule has 4 nitrogen and oxygen atoms in total. The molecule has 0 radical (unpaired) electrons. The summed E-state index contributed by atoms with van der Waals surface area (Å²) in [6, 6.07) is 2.48. The summed E-state index contributed by atoms with van der Waals surface area (Å²) in [5, 5.41) is 0. The normalized spacial score (nSPS) is 15.6. The highest BCUT2D eigenvalue weighted by atomic mass is 35.5. The van der Waals surface area contributed by atoms with Crippen molar-refractivity contribution < 1.29 is 4.74 Å². The molecule has 100 valence electrons. The molecule has 1 aliphatic carbocycles. The smallest absolute Gasteiger partial charge is 0.218 e. The van der Waals surface area contributed by atoms with Gasteiger partial charge in [-0.3, -0.25) is 0 Å². The molecule has 0 bridgehead atoms. The first kappa shape index (κ1) is 13.4. The van der Waals surface area contributed by atoms with E-state index in [9.17, 15) is 0 Å². The highest BCUT2D eigenvalue weighted by Gasteiger charge is 2.25. The summed E-state index contributed by atoms with van der Waals surface area (Å²) in [6.07, 6.45) is 5.43. The zero-order chi connectivity index (χ0) is 13.0. The Kier molecular flexibility index (Phi) is 4.64. The third-order valence-corrected chi connectivity index (χ3v) is 3.29. The van der Waals surface area contributed by atoms with Gasteiger partial charge in [0.1, 0.15) is 12.1 Å². The van der Waals surface area contributed by atoms with E-state index >= 15 is 0 Å². The number of nitrogens with zero attached hydrogens (tertiary/aromatic N) is 3. The molecular formula is C13H20ClN3O. The maximum atomic E-state index is 5.88. The summed E-state index contributed by atoms with van der Waals surface area (Å²) in [5.41, 5.74) is 0. The molecule has 0 amide bonds. The molecule has 1 aromatic rings. The summed E-state index contributed by atoms with van der Waals surface area (Å²) < 4.78 is 5.60. The third kappa shape index (κ3) is 3.25. The van der Waals surface area contributed by atoms with E-state index in [0.717, 1.165) is 12.4 Å². The Morgan fingerprint density at radius 2 is 2.22 bits per heavy atom. The molecule has 0 spiro atoms. The highest BCUT2D eigenvalue weighted by Crippen LogP contribution is 2.29. The lowest BCUT2D eigenvalue weighted by Gasteiger charge is -2.38. The summed E-state index contributed by atoms with van der Waals surface area (Å²) in [7, 11) is 0. The molecule has 1 saturated carbocycles. The molecule has 1 heterocycles. The van der Waals surface area contributed by atoms with Crippen molar-refractivity contribution in [3.63, 3.8) is 0 Å². The second kappa shape index (κ2) is 6.23. The second-order valence-electron chi connectivity index (χ2n) is 4.85. The van der Waals surface area contributed by atoms with Gasteiger partial charge >= 0.3 is 0 Å². The predicted molar refractivity (Wildman–Crippen MR) is 73.5 cm³/mol. The number of rotatable bonds is 6. The molecule has 0 N–H and O–H groups in total. The molecule has 0 aromatic carbocycles. The SMILES string of the molecule is CC(C)Oc1cc(N(CCCl)C2CCC2)ncn1. The first-order valence-corrected chi connectivity index (χ1v) is 7.05. The van der Waals surface area contributed by atoms with Crippen LogP contribution in [0.1, 0.15) is 33.1 Å². The van der Waals surface area contributed by atoms with Crippen LogP contribution in [0.15, 0.2) is 12.4 Å². The minimum Gasteiger partial charge on any atom is -0.475 e. The van der Waals surface area contributed by atoms with Crippen molar-refractivity contribution in [2.24, 2.45) is 0 Å². The first-order chi connectivity index (χ1) is 8.70. The lowest BCUT2D eigenvalue weighted by Crippen LogP contribution is -2.42. The molecular weight excluding hydrogens is 250 g/mol. The lowest BCUT2D eigenvalue weighted by molar-refractivity contribution is 0.232. The van der Waals surface area contributed by atoms with Gasteiger partial charge in [0, 0.05) is 24.5 Å². The molecule has 0 saturated heterocycles. The van der Waals surface area contributed by atoms with Crippen LogP contribution in [-0.4, -0.2) is 34.5 Å². The van der Waals surface area contributed by atoms with Crippen LogP contribution in [0, 0.1) is 0 Å². The van der Waals surface area contributed by atoms with Crippen molar-refractivity contribution in [3.05, 3.63) is 12.4 Å². The van der Waals surface area contributed by atoms with Crippen LogP contribution in [0.2, 0.25) is 0 Å². The summed E-state index contributed by atoms with van der Waals surface area (Å²) in [5.74, 6) is 2.17. The van der Waals surface area contributed by atoms with Crippen LogP contribution in [-0.2, 0) is 0 Å². The van der Waals surface area contributed by atoms with Gasteiger partial charge in [0.05, 0.1) is 6.10 Å². The Balaban J connectivity index is 2.13. The summed E-state index contributed by atoms with van der Waals surface area (Å²) >= 11 is 5.88. The van der Waals surface area contributed by atoms with Crippen LogP contribution in [0.3, 0.4) is 0 Å². The Morgan fingerprint density at radius 3 is 2.78 bits per heavy atom. The zero-order valence-electron chi connectivity index (χ0n) is 11.0. The maximum Gasteiger partial charge on any atom is 0.218 e. The van der Waals surface area contributed by atoms with Crippen molar-refractivity contribution in [2.75, 3.05) is 17.3 Å². The van der Waals surface area contributed by atoms with Gasteiger partial charge in [-0.2, -0.15) is 0 Å². The van der Waals surface area contributed by atoms with Gasteiger partial charge in [0.15, 0.2) is 0 Å². The van der Waals surface area contributed by atoms with Crippen molar-refractivity contribution in [2.45, 2.75) is 45.3 Å². The van der Waals surface area contributed by atoms with E-state index in [-0.39, 0.29) is 6.10 Å². The first-order valence-electron chi connectivity index (χ1n) is 6.52. The monoisotopic (exact) mass is 269 g/mol. The number of ether oxygens (including phenoxy) is 1. The molecule has 5 heteroatoms. The number of anilines is 1. The number of aromatic nitrogens is 2. The Bertz CT molecular complexity index is 382. The Morgan fingerprint density at radius 1 is 1.44 bits per heavy atom. The molecule has 18 heavy (non-hydrogen) atoms. The van der Waals surface area contributed by atoms with E-state index in [2.05, 4.69) is 14.9 Å². The standard InChI is InChI=1S/C13H20ClN3O/c1-10(2)18-13-8-12(15-9-16-13)17(7-6-14)11-4-3-5-11/h8-11H,3-7H2,1-2H3. The summed E-state index contributed by atoms with van der Waals surface area (Å²) in [4.78, 5) is 10.7. The van der Waals surface area contributed by atoms with Gasteiger partial charge < -0.3 is 9.64 Å². The third-order valence-electron chi connectivity index (χ3n) is 3.12. The van der Waals surface area contributed by atoms with Crippen LogP contribution in [0.4, 0.5) is 5.82 Å². The van der Waals surface area contributed by atoms with Gasteiger partial charge in [-0.1, -0.05) is 0 Å². The molecule has 1 fully saturated rings. The van der Waals surface area contributed by atoms with Crippen LogP contribution >= 0.6 is 11.6 Å². The maximum absolute atomic E-state index is 5.88. The van der Waals surface area contributed by atoms with E-state index in [1.54, 1.807) is 6.33 Å². The average Bonchev–Trinajstić information content (AvgIpc) is 2.25. The molecule has 0 atom stereocenters. The fraction of sp³-hybridized carbons (Fsp3) is 0.692. The highest BCUT2D eigenvalue weighted by molar-refractivity contribution is 6.18. The average molecular weight is 270 g/mol. The van der Waals surface area contributed by atoms with E-state index in [1.165, 1.54) is 19.3 Å². The van der Waals surface area contributed by atoms with Gasteiger partial charge in [0.2, 0.25) is 5.88 Å². The Labute approximate surface area is 113 Å². The number of halogens is 1. The molecule has 2 rings (SSSR count). The number of alkyl halides is 1. The Hall–Kier alpha value is -1.03. The summed E-state index contributed by atoms with van der Waals surface area (Å²) in [6.45, 7) is 4.80. The second-order valence-corrected chi connectivity index (χ2v) is 5.23. The fourth-order valence-electron chi connectivity index (χ4n) is 2.07.